The van der Waals surface area contributed by atoms with Crippen LogP contribution in [0, 0.1) is 13.8 Å². The highest BCUT2D eigenvalue weighted by molar-refractivity contribution is 5.80. The van der Waals surface area contributed by atoms with Crippen molar-refractivity contribution in [3.05, 3.63) is 99.0 Å². The molecule has 3 aromatic heterocycles. The molecule has 0 aliphatic carbocycles. The maximum absolute atomic E-state index is 13.3. The molecule has 0 fully saturated rings. The van der Waals surface area contributed by atoms with E-state index in [-0.39, 0.29) is 18.4 Å². The minimum absolute atomic E-state index is 0.105. The van der Waals surface area contributed by atoms with Crippen molar-refractivity contribution in [3.63, 3.8) is 0 Å². The van der Waals surface area contributed by atoms with Crippen LogP contribution in [0.3, 0.4) is 0 Å². The van der Waals surface area contributed by atoms with E-state index in [2.05, 4.69) is 45.3 Å². The number of nitrogens with one attached hydrogen (secondary N) is 1. The maximum Gasteiger partial charge on any atom is 0.252 e. The van der Waals surface area contributed by atoms with Gasteiger partial charge in [0.1, 0.15) is 12.3 Å². The maximum atomic E-state index is 13.3. The van der Waals surface area contributed by atoms with Gasteiger partial charge in [0.25, 0.3) is 5.56 Å². The molecule has 1 aliphatic heterocycles. The summed E-state index contributed by atoms with van der Waals surface area (Å²) in [5, 5.41) is 13.6. The predicted octanol–water partition coefficient (Wildman–Crippen LogP) is 4.65. The van der Waals surface area contributed by atoms with Crippen molar-refractivity contribution < 1.29 is 13.9 Å². The number of benzene rings is 2. The Kier molecular flexibility index (Phi) is 6.62. The number of hydrogen-bond donors (Lipinski definition) is 1. The normalized spacial score (nSPS) is 13.4. The second-order valence-electron chi connectivity index (χ2n) is 9.94. The molecule has 200 valence electrons. The van der Waals surface area contributed by atoms with E-state index in [0.29, 0.717) is 31.0 Å². The van der Waals surface area contributed by atoms with Crippen LogP contribution in [0.2, 0.25) is 0 Å². The van der Waals surface area contributed by atoms with E-state index in [4.69, 9.17) is 13.9 Å². The zero-order chi connectivity index (χ0) is 26.9. The highest BCUT2D eigenvalue weighted by Gasteiger charge is 2.27. The number of tetrazole rings is 1. The Balaban J connectivity index is 1.38. The minimum atomic E-state index is -0.171. The molecule has 2 aromatic carbocycles. The third kappa shape index (κ3) is 5.03. The van der Waals surface area contributed by atoms with Crippen molar-refractivity contribution in [3.8, 4) is 11.5 Å². The topological polar surface area (TPSA) is 111 Å². The van der Waals surface area contributed by atoms with Crippen molar-refractivity contribution in [2.45, 2.75) is 52.9 Å². The van der Waals surface area contributed by atoms with Gasteiger partial charge in [-0.3, -0.25) is 9.69 Å². The van der Waals surface area contributed by atoms with Crippen LogP contribution in [-0.2, 0) is 19.6 Å². The SMILES string of the molecule is CC[C@H](c1nnnn1Cc1ccco1)N(Cc1ccc2c(c1)OCO2)Cc1cc2cc(C)c(C)cc2[nH]c1=O. The standard InChI is InChI=1S/C29H30N6O4/c1-4-25(28-31-32-33-35(28)16-23-6-5-9-37-23)34(14-20-7-8-26-27(12-20)39-17-38-26)15-22-13-21-10-18(2)19(3)11-24(21)30-29(22)36/h5-13,25H,4,14-17H2,1-3H3,(H,30,36)/t25-/m1/s1. The lowest BCUT2D eigenvalue weighted by atomic mass is 10.0. The average Bonchev–Trinajstić information content (AvgIpc) is 3.69. The lowest BCUT2D eigenvalue weighted by Gasteiger charge is -2.30. The number of aromatic amines is 1. The molecule has 39 heavy (non-hydrogen) atoms. The number of nitrogens with zero attached hydrogens (tertiary/aromatic N) is 5. The quantitative estimate of drug-likeness (QED) is 0.295. The van der Waals surface area contributed by atoms with Crippen LogP contribution in [0.5, 0.6) is 11.5 Å². The number of hydrogen-bond acceptors (Lipinski definition) is 8. The van der Waals surface area contributed by atoms with Crippen molar-refractivity contribution in [2.24, 2.45) is 0 Å². The molecule has 0 spiro atoms. The number of rotatable bonds is 9. The van der Waals surface area contributed by atoms with Gasteiger partial charge >= 0.3 is 0 Å². The smallest absolute Gasteiger partial charge is 0.252 e. The number of fused-ring (bicyclic) bond motifs is 2. The number of aromatic nitrogens is 5. The van der Waals surface area contributed by atoms with Crippen LogP contribution >= 0.6 is 0 Å². The van der Waals surface area contributed by atoms with Gasteiger partial charge in [0.2, 0.25) is 6.79 Å². The lowest BCUT2D eigenvalue weighted by molar-refractivity contribution is 0.160. The first-order chi connectivity index (χ1) is 19.0. The minimum Gasteiger partial charge on any atom is -0.467 e. The summed E-state index contributed by atoms with van der Waals surface area (Å²) in [5.74, 6) is 2.92. The van der Waals surface area contributed by atoms with Gasteiger partial charge in [0.15, 0.2) is 17.3 Å². The molecule has 5 aromatic rings. The fourth-order valence-corrected chi connectivity index (χ4v) is 5.13. The number of aryl methyl sites for hydroxylation is 2. The van der Waals surface area contributed by atoms with Crippen molar-refractivity contribution in [1.82, 2.24) is 30.1 Å². The molecular formula is C29H30N6O4. The number of H-pyrrole nitrogens is 1. The number of furan rings is 1. The summed E-state index contributed by atoms with van der Waals surface area (Å²) >= 11 is 0. The summed E-state index contributed by atoms with van der Waals surface area (Å²) < 4.78 is 18.4. The van der Waals surface area contributed by atoms with Crippen molar-refractivity contribution >= 4 is 10.9 Å². The Morgan fingerprint density at radius 2 is 1.90 bits per heavy atom. The molecule has 10 heteroatoms. The van der Waals surface area contributed by atoms with Crippen LogP contribution in [0.4, 0.5) is 0 Å². The van der Waals surface area contributed by atoms with Gasteiger partial charge in [-0.2, -0.15) is 0 Å². The zero-order valence-electron chi connectivity index (χ0n) is 22.2. The molecule has 0 radical (unpaired) electrons. The van der Waals surface area contributed by atoms with Gasteiger partial charge in [-0.25, -0.2) is 4.68 Å². The molecule has 10 nitrogen and oxygen atoms in total. The average molecular weight is 527 g/mol. The van der Waals surface area contributed by atoms with E-state index in [0.717, 1.165) is 45.7 Å². The van der Waals surface area contributed by atoms with Gasteiger partial charge in [0, 0.05) is 24.2 Å². The summed E-state index contributed by atoms with van der Waals surface area (Å²) in [6.45, 7) is 7.81. The number of ether oxygens (including phenoxy) is 2. The van der Waals surface area contributed by atoms with Gasteiger partial charge < -0.3 is 18.9 Å². The first-order valence-electron chi connectivity index (χ1n) is 13.0. The summed E-state index contributed by atoms with van der Waals surface area (Å²) in [7, 11) is 0. The van der Waals surface area contributed by atoms with Crippen LogP contribution in [0.25, 0.3) is 10.9 Å². The van der Waals surface area contributed by atoms with Gasteiger partial charge in [-0.1, -0.05) is 13.0 Å². The third-order valence-corrected chi connectivity index (χ3v) is 7.30. The monoisotopic (exact) mass is 526 g/mol. The molecule has 0 amide bonds. The Hall–Kier alpha value is -4.44. The van der Waals surface area contributed by atoms with E-state index in [1.165, 1.54) is 5.56 Å². The third-order valence-electron chi connectivity index (χ3n) is 7.30. The Bertz CT molecular complexity index is 1670. The van der Waals surface area contributed by atoms with Gasteiger partial charge in [0.05, 0.1) is 12.3 Å². The molecule has 0 unspecified atom stereocenters. The van der Waals surface area contributed by atoms with Crippen molar-refractivity contribution in [2.75, 3.05) is 6.79 Å². The molecule has 1 N–H and O–H groups in total. The highest BCUT2D eigenvalue weighted by atomic mass is 16.7. The lowest BCUT2D eigenvalue weighted by Crippen LogP contribution is -2.32. The van der Waals surface area contributed by atoms with Crippen molar-refractivity contribution in [1.29, 1.82) is 0 Å². The van der Waals surface area contributed by atoms with E-state index >= 15 is 0 Å². The summed E-state index contributed by atoms with van der Waals surface area (Å²) in [5.41, 5.74) is 4.77. The van der Waals surface area contributed by atoms with Crippen LogP contribution in [0.1, 0.15) is 53.2 Å². The fraction of sp³-hybridized carbons (Fsp3) is 0.310. The second-order valence-corrected chi connectivity index (χ2v) is 9.94. The molecule has 0 saturated heterocycles. The van der Waals surface area contributed by atoms with E-state index in [1.54, 1.807) is 10.9 Å². The molecule has 6 rings (SSSR count). The zero-order valence-corrected chi connectivity index (χ0v) is 22.2. The molecule has 1 aliphatic rings. The van der Waals surface area contributed by atoms with Crippen LogP contribution in [-0.4, -0.2) is 36.9 Å². The Morgan fingerprint density at radius 3 is 2.72 bits per heavy atom. The van der Waals surface area contributed by atoms with Gasteiger partial charge in [-0.15, -0.1) is 5.10 Å². The molecule has 1 atom stereocenters. The molecule has 4 heterocycles. The Morgan fingerprint density at radius 1 is 1.05 bits per heavy atom. The number of pyridine rings is 1. The molecule has 0 saturated carbocycles. The summed E-state index contributed by atoms with van der Waals surface area (Å²) in [6, 6.07) is 15.6. The molecular weight excluding hydrogens is 496 g/mol. The largest absolute Gasteiger partial charge is 0.467 e. The van der Waals surface area contributed by atoms with E-state index in [1.807, 2.05) is 49.4 Å². The van der Waals surface area contributed by atoms with Crippen LogP contribution < -0.4 is 15.0 Å². The van der Waals surface area contributed by atoms with E-state index < -0.39 is 0 Å². The van der Waals surface area contributed by atoms with Gasteiger partial charge in [-0.05, 0) is 95.2 Å². The second kappa shape index (κ2) is 10.4. The predicted molar refractivity (Wildman–Crippen MR) is 145 cm³/mol. The highest BCUT2D eigenvalue weighted by Crippen LogP contribution is 2.34. The van der Waals surface area contributed by atoms with E-state index in [9.17, 15) is 4.79 Å². The first kappa shape index (κ1) is 24.9. The van der Waals surface area contributed by atoms with Crippen LogP contribution in [0.15, 0.2) is 64.0 Å². The Labute approximate surface area is 225 Å². The fourth-order valence-electron chi connectivity index (χ4n) is 5.13. The first-order valence-corrected chi connectivity index (χ1v) is 13.0. The molecule has 0 bridgehead atoms. The summed E-state index contributed by atoms with van der Waals surface area (Å²) in [6.07, 6.45) is 2.37. The summed E-state index contributed by atoms with van der Waals surface area (Å²) in [4.78, 5) is 18.6.